The quantitative estimate of drug-likeness (QED) is 0.486. The minimum Gasteiger partial charge on any atom is -0.411 e. The molecule has 1 aliphatic rings. The van der Waals surface area contributed by atoms with Crippen molar-refractivity contribution in [2.45, 2.75) is 22.3 Å². The number of para-hydroxylation sites is 1. The summed E-state index contributed by atoms with van der Waals surface area (Å²) in [6.07, 6.45) is 0. The van der Waals surface area contributed by atoms with E-state index in [-0.39, 0.29) is 21.9 Å². The molecule has 1 aromatic heterocycles. The number of nitrogens with one attached hydrogen (secondary N) is 1. The SMILES string of the molecule is C[C@@H](Sc1nnc(-c2cccc(S(=O)(=O)N3CCOCC3)c2)o1)C(=O)Nc1ccccc1C#N. The first-order valence-corrected chi connectivity index (χ1v) is 12.7. The fourth-order valence-electron chi connectivity index (χ4n) is 3.23. The lowest BCUT2D eigenvalue weighted by Crippen LogP contribution is -2.40. The molecule has 1 aliphatic heterocycles. The van der Waals surface area contributed by atoms with Gasteiger partial charge in [-0.3, -0.25) is 4.79 Å². The molecule has 0 radical (unpaired) electrons. The number of benzene rings is 2. The second kappa shape index (κ2) is 10.4. The van der Waals surface area contributed by atoms with Crippen LogP contribution in [0.1, 0.15) is 12.5 Å². The van der Waals surface area contributed by atoms with Gasteiger partial charge in [0.2, 0.25) is 21.8 Å². The smallest absolute Gasteiger partial charge is 0.277 e. The number of sulfonamides is 1. The molecule has 0 aliphatic carbocycles. The zero-order chi connectivity index (χ0) is 24.1. The second-order valence-corrected chi connectivity index (χ2v) is 10.6. The first-order chi connectivity index (χ1) is 16.4. The van der Waals surface area contributed by atoms with Crippen molar-refractivity contribution in [2.75, 3.05) is 31.6 Å². The van der Waals surface area contributed by atoms with Crippen LogP contribution in [0.4, 0.5) is 5.69 Å². The van der Waals surface area contributed by atoms with Gasteiger partial charge in [0.15, 0.2) is 0 Å². The zero-order valence-corrected chi connectivity index (χ0v) is 19.8. The third kappa shape index (κ3) is 5.28. The van der Waals surface area contributed by atoms with Gasteiger partial charge in [0, 0.05) is 18.7 Å². The molecule has 0 unspecified atom stereocenters. The summed E-state index contributed by atoms with van der Waals surface area (Å²) in [6, 6.07) is 15.0. The molecule has 0 spiro atoms. The van der Waals surface area contributed by atoms with Crippen LogP contribution < -0.4 is 5.32 Å². The van der Waals surface area contributed by atoms with Gasteiger partial charge in [-0.2, -0.15) is 9.57 Å². The number of nitrogens with zero attached hydrogens (tertiary/aromatic N) is 4. The largest absolute Gasteiger partial charge is 0.411 e. The van der Waals surface area contributed by atoms with Crippen LogP contribution in [0.25, 0.3) is 11.5 Å². The van der Waals surface area contributed by atoms with E-state index < -0.39 is 15.3 Å². The number of rotatable bonds is 7. The third-order valence-electron chi connectivity index (χ3n) is 5.05. The molecule has 0 saturated carbocycles. The van der Waals surface area contributed by atoms with E-state index in [2.05, 4.69) is 15.5 Å². The van der Waals surface area contributed by atoms with Crippen LogP contribution in [0.2, 0.25) is 0 Å². The van der Waals surface area contributed by atoms with Crippen molar-refractivity contribution in [1.29, 1.82) is 5.26 Å². The molecular formula is C22H21N5O5S2. The van der Waals surface area contributed by atoms with Crippen molar-refractivity contribution in [3.8, 4) is 17.5 Å². The number of morpholine rings is 1. The van der Waals surface area contributed by atoms with Gasteiger partial charge < -0.3 is 14.5 Å². The molecule has 1 atom stereocenters. The summed E-state index contributed by atoms with van der Waals surface area (Å²) >= 11 is 1.06. The zero-order valence-electron chi connectivity index (χ0n) is 18.2. The van der Waals surface area contributed by atoms with E-state index in [0.29, 0.717) is 43.1 Å². The first kappa shape index (κ1) is 23.9. The third-order valence-corrected chi connectivity index (χ3v) is 7.88. The first-order valence-electron chi connectivity index (χ1n) is 10.4. The number of amides is 1. The Balaban J connectivity index is 1.46. The summed E-state index contributed by atoms with van der Waals surface area (Å²) in [4.78, 5) is 12.7. The monoisotopic (exact) mass is 499 g/mol. The molecule has 3 aromatic rings. The highest BCUT2D eigenvalue weighted by Gasteiger charge is 2.27. The van der Waals surface area contributed by atoms with E-state index in [1.54, 1.807) is 43.3 Å². The molecule has 2 aromatic carbocycles. The standard InChI is InChI=1S/C22H21N5O5S2/c1-15(20(28)24-19-8-3-2-5-17(19)14-23)33-22-26-25-21(32-22)16-6-4-7-18(13-16)34(29,30)27-9-11-31-12-10-27/h2-8,13,15H,9-12H2,1H3,(H,24,28)/t15-/m1/s1. The molecule has 4 rings (SSSR count). The van der Waals surface area contributed by atoms with E-state index in [1.165, 1.54) is 16.4 Å². The van der Waals surface area contributed by atoms with Crippen LogP contribution in [-0.4, -0.2) is 60.4 Å². The summed E-state index contributed by atoms with van der Waals surface area (Å²) in [6.45, 7) is 2.99. The molecule has 1 saturated heterocycles. The van der Waals surface area contributed by atoms with Gasteiger partial charge in [0.05, 0.1) is 34.6 Å². The molecule has 2 heterocycles. The highest BCUT2D eigenvalue weighted by Crippen LogP contribution is 2.29. The number of thioether (sulfide) groups is 1. The van der Waals surface area contributed by atoms with Gasteiger partial charge in [-0.1, -0.05) is 30.0 Å². The Morgan fingerprint density at radius 2 is 1.94 bits per heavy atom. The van der Waals surface area contributed by atoms with Crippen LogP contribution in [0.3, 0.4) is 0 Å². The summed E-state index contributed by atoms with van der Waals surface area (Å²) in [7, 11) is -3.67. The lowest BCUT2D eigenvalue weighted by molar-refractivity contribution is -0.115. The summed E-state index contributed by atoms with van der Waals surface area (Å²) in [5.74, 6) is -0.185. The molecule has 1 amide bonds. The Morgan fingerprint density at radius 1 is 1.18 bits per heavy atom. The van der Waals surface area contributed by atoms with Crippen LogP contribution in [-0.2, 0) is 19.6 Å². The molecular weight excluding hydrogens is 478 g/mol. The van der Waals surface area contributed by atoms with E-state index in [4.69, 9.17) is 9.15 Å². The van der Waals surface area contributed by atoms with E-state index >= 15 is 0 Å². The lowest BCUT2D eigenvalue weighted by atomic mass is 10.2. The minimum atomic E-state index is -3.67. The van der Waals surface area contributed by atoms with Crippen molar-refractivity contribution >= 4 is 33.4 Å². The van der Waals surface area contributed by atoms with Crippen LogP contribution in [0, 0.1) is 11.3 Å². The summed E-state index contributed by atoms with van der Waals surface area (Å²) in [5, 5.41) is 19.4. The Labute approximate surface area is 201 Å². The second-order valence-electron chi connectivity index (χ2n) is 7.32. The number of nitriles is 1. The normalized spacial score (nSPS) is 15.4. The average Bonchev–Trinajstić information content (AvgIpc) is 3.33. The summed E-state index contributed by atoms with van der Waals surface area (Å²) in [5.41, 5.74) is 1.24. The Hall–Kier alpha value is -3.24. The van der Waals surface area contributed by atoms with Crippen molar-refractivity contribution in [1.82, 2.24) is 14.5 Å². The Morgan fingerprint density at radius 3 is 2.71 bits per heavy atom. The Bertz CT molecular complexity index is 1330. The van der Waals surface area contributed by atoms with Gasteiger partial charge in [-0.25, -0.2) is 8.42 Å². The fourth-order valence-corrected chi connectivity index (χ4v) is 5.37. The molecule has 12 heteroatoms. The fraction of sp³-hybridized carbons (Fsp3) is 0.273. The van der Waals surface area contributed by atoms with Crippen molar-refractivity contribution in [2.24, 2.45) is 0 Å². The number of aromatic nitrogens is 2. The number of carbonyl (C=O) groups is 1. The number of ether oxygens (including phenoxy) is 1. The molecule has 1 fully saturated rings. The Kier molecular flexibility index (Phi) is 7.28. The highest BCUT2D eigenvalue weighted by molar-refractivity contribution is 8.00. The average molecular weight is 500 g/mol. The number of hydrogen-bond acceptors (Lipinski definition) is 9. The predicted molar refractivity (Wildman–Crippen MR) is 124 cm³/mol. The lowest BCUT2D eigenvalue weighted by Gasteiger charge is -2.26. The maximum Gasteiger partial charge on any atom is 0.277 e. The van der Waals surface area contributed by atoms with E-state index in [1.807, 2.05) is 6.07 Å². The van der Waals surface area contributed by atoms with Crippen LogP contribution in [0.5, 0.6) is 0 Å². The van der Waals surface area contributed by atoms with E-state index in [0.717, 1.165) is 11.8 Å². The van der Waals surface area contributed by atoms with E-state index in [9.17, 15) is 18.5 Å². The van der Waals surface area contributed by atoms with Gasteiger partial charge in [0.1, 0.15) is 6.07 Å². The van der Waals surface area contributed by atoms with Crippen molar-refractivity contribution in [3.05, 3.63) is 54.1 Å². The van der Waals surface area contributed by atoms with Gasteiger partial charge in [-0.05, 0) is 37.3 Å². The van der Waals surface area contributed by atoms with Crippen LogP contribution in [0.15, 0.2) is 63.1 Å². The highest BCUT2D eigenvalue weighted by atomic mass is 32.2. The van der Waals surface area contributed by atoms with Crippen molar-refractivity contribution in [3.63, 3.8) is 0 Å². The topological polar surface area (TPSA) is 138 Å². The van der Waals surface area contributed by atoms with Crippen LogP contribution >= 0.6 is 11.8 Å². The number of hydrogen-bond donors (Lipinski definition) is 1. The number of anilines is 1. The molecule has 10 nitrogen and oxygen atoms in total. The van der Waals surface area contributed by atoms with Gasteiger partial charge in [0.25, 0.3) is 5.22 Å². The maximum absolute atomic E-state index is 12.9. The van der Waals surface area contributed by atoms with Gasteiger partial charge >= 0.3 is 0 Å². The molecule has 34 heavy (non-hydrogen) atoms. The summed E-state index contributed by atoms with van der Waals surface area (Å²) < 4.78 is 38.2. The molecule has 1 N–H and O–H groups in total. The maximum atomic E-state index is 12.9. The predicted octanol–water partition coefficient (Wildman–Crippen LogP) is 2.75. The number of carbonyl (C=O) groups excluding carboxylic acids is 1. The molecule has 176 valence electrons. The van der Waals surface area contributed by atoms with Gasteiger partial charge in [-0.15, -0.1) is 10.2 Å². The molecule has 0 bridgehead atoms. The minimum absolute atomic E-state index is 0.128. The van der Waals surface area contributed by atoms with Crippen molar-refractivity contribution < 1.29 is 22.4 Å².